The van der Waals surface area contributed by atoms with Crippen LogP contribution in [0.25, 0.3) is 55.0 Å². The summed E-state index contributed by atoms with van der Waals surface area (Å²) in [6.07, 6.45) is 10.1. The van der Waals surface area contributed by atoms with Crippen LogP contribution < -0.4 is 0 Å². The number of rotatable bonds is 4. The van der Waals surface area contributed by atoms with Crippen molar-refractivity contribution < 1.29 is 0 Å². The number of para-hydroxylation sites is 3. The van der Waals surface area contributed by atoms with Crippen molar-refractivity contribution in [3.8, 4) is 11.4 Å². The molecule has 0 saturated heterocycles. The zero-order chi connectivity index (χ0) is 31.8. The van der Waals surface area contributed by atoms with Gasteiger partial charge in [0, 0.05) is 43.9 Å². The van der Waals surface area contributed by atoms with Crippen molar-refractivity contribution in [2.75, 3.05) is 0 Å². The Bertz CT molecular complexity index is 2610. The van der Waals surface area contributed by atoms with E-state index in [0.717, 1.165) is 29.2 Å². The average Bonchev–Trinajstić information content (AvgIpc) is 3.78. The minimum atomic E-state index is -0.339. The van der Waals surface area contributed by atoms with Crippen molar-refractivity contribution in [3.05, 3.63) is 175 Å². The summed E-state index contributed by atoms with van der Waals surface area (Å²) >= 11 is 0. The van der Waals surface area contributed by atoms with Crippen LogP contribution in [0.15, 0.2) is 169 Å². The number of nitrogens with zero attached hydrogens (tertiary/aromatic N) is 3. The van der Waals surface area contributed by atoms with Gasteiger partial charge in [-0.25, -0.2) is 0 Å². The van der Waals surface area contributed by atoms with Crippen LogP contribution in [0.4, 0.5) is 5.69 Å². The standard InChI is InChI=1S/C45H33N3/c1-45(31-17-6-3-7-18-31)42-38(46-44(45)30-15-4-2-5-16-30)28-27-37-36-23-10-13-26-41(36)48(43(37)42)33-20-14-19-32(29-33)47-39-24-11-8-21-34(39)35-22-9-12-25-40(35)47/h2-17,19-29,31H,18H2,1H3. The lowest BCUT2D eigenvalue weighted by atomic mass is 9.65. The van der Waals surface area contributed by atoms with Gasteiger partial charge in [-0.3, -0.25) is 4.99 Å². The van der Waals surface area contributed by atoms with Gasteiger partial charge in [0.1, 0.15) is 0 Å². The van der Waals surface area contributed by atoms with Gasteiger partial charge in [-0.1, -0.05) is 121 Å². The van der Waals surface area contributed by atoms with Crippen molar-refractivity contribution >= 4 is 55.0 Å². The highest BCUT2D eigenvalue weighted by Crippen LogP contribution is 2.53. The van der Waals surface area contributed by atoms with Crippen LogP contribution in [0.1, 0.15) is 24.5 Å². The van der Waals surface area contributed by atoms with E-state index < -0.39 is 0 Å². The number of aliphatic imine (C=N–C) groups is 1. The molecule has 0 saturated carbocycles. The summed E-state index contributed by atoms with van der Waals surface area (Å²) in [5, 5.41) is 5.05. The molecule has 1 aliphatic carbocycles. The third-order valence-corrected chi connectivity index (χ3v) is 10.8. The smallest absolute Gasteiger partial charge is 0.0696 e. The Labute approximate surface area is 279 Å². The number of benzene rings is 6. The highest BCUT2D eigenvalue weighted by atomic mass is 15.0. The van der Waals surface area contributed by atoms with Gasteiger partial charge < -0.3 is 9.13 Å². The summed E-state index contributed by atoms with van der Waals surface area (Å²) < 4.78 is 4.91. The van der Waals surface area contributed by atoms with Crippen molar-refractivity contribution in [2.45, 2.75) is 18.8 Å². The first-order valence-electron chi connectivity index (χ1n) is 16.9. The van der Waals surface area contributed by atoms with Crippen molar-refractivity contribution in [2.24, 2.45) is 10.9 Å². The van der Waals surface area contributed by atoms with Crippen LogP contribution in [0.2, 0.25) is 0 Å². The van der Waals surface area contributed by atoms with E-state index in [9.17, 15) is 0 Å². The molecule has 3 nitrogen and oxygen atoms in total. The molecule has 0 N–H and O–H groups in total. The Balaban J connectivity index is 1.28. The molecule has 0 radical (unpaired) electrons. The molecule has 0 spiro atoms. The van der Waals surface area contributed by atoms with E-state index in [0.29, 0.717) is 0 Å². The Kier molecular flexibility index (Phi) is 5.83. The quantitative estimate of drug-likeness (QED) is 0.188. The first kappa shape index (κ1) is 27.2. The fourth-order valence-electron chi connectivity index (χ4n) is 8.58. The molecule has 0 fully saturated rings. The van der Waals surface area contributed by atoms with E-state index in [2.05, 4.69) is 180 Å². The van der Waals surface area contributed by atoms with Gasteiger partial charge in [0.05, 0.1) is 33.5 Å². The normalized spacial score (nSPS) is 18.7. The first-order chi connectivity index (χ1) is 23.7. The molecule has 1 aliphatic heterocycles. The molecule has 8 aromatic rings. The molecule has 10 rings (SSSR count). The average molecular weight is 616 g/mol. The van der Waals surface area contributed by atoms with E-state index in [1.807, 2.05) is 0 Å². The monoisotopic (exact) mass is 615 g/mol. The first-order valence-corrected chi connectivity index (χ1v) is 16.9. The molecular formula is C45H33N3. The summed E-state index contributed by atoms with van der Waals surface area (Å²) in [5.41, 5.74) is 11.5. The van der Waals surface area contributed by atoms with Gasteiger partial charge in [0.2, 0.25) is 0 Å². The van der Waals surface area contributed by atoms with E-state index in [1.54, 1.807) is 0 Å². The van der Waals surface area contributed by atoms with Crippen molar-refractivity contribution in [3.63, 3.8) is 0 Å². The fourth-order valence-corrected chi connectivity index (χ4v) is 8.58. The maximum atomic E-state index is 5.47. The molecule has 6 aromatic carbocycles. The van der Waals surface area contributed by atoms with Gasteiger partial charge in [0.25, 0.3) is 0 Å². The number of fused-ring (bicyclic) bond motifs is 8. The van der Waals surface area contributed by atoms with Gasteiger partial charge in [0.15, 0.2) is 0 Å². The lowest BCUT2D eigenvalue weighted by Gasteiger charge is -2.36. The number of aromatic nitrogens is 2. The Morgan fingerprint density at radius 1 is 0.583 bits per heavy atom. The van der Waals surface area contributed by atoms with Crippen LogP contribution in [0.5, 0.6) is 0 Å². The highest BCUT2D eigenvalue weighted by molar-refractivity contribution is 6.19. The third-order valence-electron chi connectivity index (χ3n) is 10.8. The van der Waals surface area contributed by atoms with Crippen LogP contribution in [-0.4, -0.2) is 14.8 Å². The minimum absolute atomic E-state index is 0.267. The summed E-state index contributed by atoms with van der Waals surface area (Å²) in [7, 11) is 0. The fraction of sp³-hybridized carbons (Fsp3) is 0.0889. The second-order valence-corrected chi connectivity index (χ2v) is 13.3. The van der Waals surface area contributed by atoms with E-state index in [1.165, 1.54) is 54.7 Å². The Morgan fingerprint density at radius 2 is 1.19 bits per heavy atom. The summed E-state index contributed by atoms with van der Waals surface area (Å²) in [6.45, 7) is 2.43. The Hall–Kier alpha value is -5.93. The van der Waals surface area contributed by atoms with Crippen molar-refractivity contribution in [1.29, 1.82) is 0 Å². The predicted octanol–water partition coefficient (Wildman–Crippen LogP) is 11.4. The highest BCUT2D eigenvalue weighted by Gasteiger charge is 2.47. The Morgan fingerprint density at radius 3 is 1.85 bits per heavy atom. The van der Waals surface area contributed by atoms with Crippen LogP contribution in [0.3, 0.4) is 0 Å². The molecule has 2 aliphatic rings. The molecule has 228 valence electrons. The molecule has 48 heavy (non-hydrogen) atoms. The predicted molar refractivity (Wildman–Crippen MR) is 201 cm³/mol. The summed E-state index contributed by atoms with van der Waals surface area (Å²) in [4.78, 5) is 5.47. The van der Waals surface area contributed by atoms with Gasteiger partial charge in [-0.05, 0) is 67.3 Å². The molecule has 2 atom stereocenters. The summed E-state index contributed by atoms with van der Waals surface area (Å²) in [6, 6.07) is 50.7. The molecule has 2 aromatic heterocycles. The lowest BCUT2D eigenvalue weighted by Crippen LogP contribution is -2.38. The van der Waals surface area contributed by atoms with Gasteiger partial charge in [-0.15, -0.1) is 0 Å². The SMILES string of the molecule is CC1(C2C=CC=CC2)C(c2ccccc2)=Nc2ccc3c4ccccc4n(-c4cccc(-n5c6ccccc6c6ccccc65)c4)c3c21. The molecule has 0 amide bonds. The molecular weight excluding hydrogens is 583 g/mol. The maximum Gasteiger partial charge on any atom is 0.0696 e. The second kappa shape index (κ2) is 10.3. The third kappa shape index (κ3) is 3.73. The van der Waals surface area contributed by atoms with Gasteiger partial charge >= 0.3 is 0 Å². The van der Waals surface area contributed by atoms with Crippen LogP contribution in [0, 0.1) is 5.92 Å². The van der Waals surface area contributed by atoms with E-state index >= 15 is 0 Å². The topological polar surface area (TPSA) is 22.2 Å². The van der Waals surface area contributed by atoms with Crippen LogP contribution >= 0.6 is 0 Å². The van der Waals surface area contributed by atoms with E-state index in [-0.39, 0.29) is 11.3 Å². The summed E-state index contributed by atoms with van der Waals surface area (Å²) in [5.74, 6) is 0.267. The number of allylic oxidation sites excluding steroid dienone is 4. The zero-order valence-electron chi connectivity index (χ0n) is 26.7. The minimum Gasteiger partial charge on any atom is -0.309 e. The number of hydrogen-bond acceptors (Lipinski definition) is 1. The largest absolute Gasteiger partial charge is 0.309 e. The maximum absolute atomic E-state index is 5.47. The number of hydrogen-bond donors (Lipinski definition) is 0. The lowest BCUT2D eigenvalue weighted by molar-refractivity contribution is 0.470. The molecule has 3 heteroatoms. The molecule has 2 unspecified atom stereocenters. The zero-order valence-corrected chi connectivity index (χ0v) is 26.7. The van der Waals surface area contributed by atoms with Gasteiger partial charge in [-0.2, -0.15) is 0 Å². The molecule has 3 heterocycles. The van der Waals surface area contributed by atoms with Crippen molar-refractivity contribution in [1.82, 2.24) is 9.13 Å². The molecule has 0 bridgehead atoms. The second-order valence-electron chi connectivity index (χ2n) is 13.3. The van der Waals surface area contributed by atoms with E-state index in [4.69, 9.17) is 4.99 Å². The van der Waals surface area contributed by atoms with Crippen LogP contribution in [-0.2, 0) is 5.41 Å².